The van der Waals surface area contributed by atoms with E-state index in [9.17, 15) is 4.79 Å². The minimum Gasteiger partial charge on any atom is -0.415 e. The summed E-state index contributed by atoms with van der Waals surface area (Å²) in [5.41, 5.74) is 3.98. The first kappa shape index (κ1) is 20.1. The Balaban J connectivity index is 1.68. The van der Waals surface area contributed by atoms with E-state index in [1.807, 2.05) is 37.4 Å². The first-order valence-electron chi connectivity index (χ1n) is 9.58. The summed E-state index contributed by atoms with van der Waals surface area (Å²) in [6.07, 6.45) is 3.19. The molecule has 0 spiro atoms. The molecular formula is C22H19N7O2. The van der Waals surface area contributed by atoms with Crippen LogP contribution < -0.4 is 10.9 Å². The fraction of sp³-hybridized carbons (Fsp3) is 0.182. The standard InChI is InChI=1S/C22H19N7O2/c1-14-20(22-28-27-21(31-22)16-5-3-15(4-6-16)11-24-2)26-18(12-25-14)17-7-8-19(30)29(13-17)10-9-23/h3-8,12-13,24H,10-11H2,1-2H3. The summed E-state index contributed by atoms with van der Waals surface area (Å²) in [6.45, 7) is 2.54. The van der Waals surface area contributed by atoms with Gasteiger partial charge in [0.15, 0.2) is 0 Å². The van der Waals surface area contributed by atoms with Crippen molar-refractivity contribution in [3.63, 3.8) is 0 Å². The molecule has 0 aliphatic carbocycles. The largest absolute Gasteiger partial charge is 0.415 e. The summed E-state index contributed by atoms with van der Waals surface area (Å²) < 4.78 is 7.19. The highest BCUT2D eigenvalue weighted by Crippen LogP contribution is 2.26. The highest BCUT2D eigenvalue weighted by Gasteiger charge is 2.16. The van der Waals surface area contributed by atoms with Gasteiger partial charge in [-0.05, 0) is 37.7 Å². The lowest BCUT2D eigenvalue weighted by Crippen LogP contribution is -2.17. The zero-order chi connectivity index (χ0) is 21.8. The second-order valence-corrected chi connectivity index (χ2v) is 6.87. The molecule has 0 saturated heterocycles. The van der Waals surface area contributed by atoms with Gasteiger partial charge in [-0.25, -0.2) is 4.98 Å². The molecule has 9 nitrogen and oxygen atoms in total. The van der Waals surface area contributed by atoms with Gasteiger partial charge in [0.1, 0.15) is 12.2 Å². The number of nitrogens with one attached hydrogen (secondary N) is 1. The molecule has 0 radical (unpaired) electrons. The normalized spacial score (nSPS) is 10.7. The Hall–Kier alpha value is -4.16. The van der Waals surface area contributed by atoms with Crippen molar-refractivity contribution in [1.29, 1.82) is 5.26 Å². The summed E-state index contributed by atoms with van der Waals surface area (Å²) in [4.78, 5) is 20.9. The van der Waals surface area contributed by atoms with Crippen LogP contribution in [-0.2, 0) is 13.1 Å². The molecule has 1 N–H and O–H groups in total. The van der Waals surface area contributed by atoms with Crippen molar-refractivity contribution in [2.45, 2.75) is 20.0 Å². The Kier molecular flexibility index (Phi) is 5.64. The van der Waals surface area contributed by atoms with Crippen molar-refractivity contribution in [3.05, 3.63) is 70.4 Å². The predicted molar refractivity (Wildman–Crippen MR) is 114 cm³/mol. The zero-order valence-electron chi connectivity index (χ0n) is 17.0. The molecule has 0 bridgehead atoms. The monoisotopic (exact) mass is 413 g/mol. The number of nitriles is 1. The minimum absolute atomic E-state index is 0.0427. The number of aryl methyl sites for hydroxylation is 1. The van der Waals surface area contributed by atoms with Crippen LogP contribution in [0.5, 0.6) is 0 Å². The molecule has 0 amide bonds. The topological polar surface area (TPSA) is 123 Å². The van der Waals surface area contributed by atoms with Crippen molar-refractivity contribution < 1.29 is 4.42 Å². The molecule has 4 rings (SSSR count). The number of pyridine rings is 1. The van der Waals surface area contributed by atoms with Gasteiger partial charge in [-0.2, -0.15) is 5.26 Å². The van der Waals surface area contributed by atoms with Gasteiger partial charge in [0, 0.05) is 29.9 Å². The van der Waals surface area contributed by atoms with Crippen LogP contribution in [0.4, 0.5) is 0 Å². The van der Waals surface area contributed by atoms with Crippen LogP contribution in [-0.4, -0.2) is 31.8 Å². The third-order valence-corrected chi connectivity index (χ3v) is 4.69. The van der Waals surface area contributed by atoms with E-state index in [-0.39, 0.29) is 18.0 Å². The second-order valence-electron chi connectivity index (χ2n) is 6.87. The molecule has 0 fully saturated rings. The summed E-state index contributed by atoms with van der Waals surface area (Å²) in [5.74, 6) is 0.645. The van der Waals surface area contributed by atoms with Gasteiger partial charge in [0.25, 0.3) is 11.4 Å². The highest BCUT2D eigenvalue weighted by molar-refractivity contribution is 5.62. The third kappa shape index (κ3) is 4.24. The van der Waals surface area contributed by atoms with E-state index < -0.39 is 0 Å². The molecule has 0 aliphatic rings. The first-order valence-corrected chi connectivity index (χ1v) is 9.58. The second kappa shape index (κ2) is 8.69. The lowest BCUT2D eigenvalue weighted by Gasteiger charge is -2.06. The number of nitrogens with zero attached hydrogens (tertiary/aromatic N) is 6. The molecule has 3 aromatic heterocycles. The predicted octanol–water partition coefficient (Wildman–Crippen LogP) is 2.57. The van der Waals surface area contributed by atoms with Gasteiger partial charge in [0.05, 0.1) is 23.7 Å². The summed E-state index contributed by atoms with van der Waals surface area (Å²) in [6, 6.07) is 12.9. The number of hydrogen-bond donors (Lipinski definition) is 1. The molecule has 1 aromatic carbocycles. The molecular weight excluding hydrogens is 394 g/mol. The van der Waals surface area contributed by atoms with Crippen LogP contribution in [0.15, 0.2) is 58.0 Å². The lowest BCUT2D eigenvalue weighted by atomic mass is 10.1. The first-order chi connectivity index (χ1) is 15.1. The van der Waals surface area contributed by atoms with Gasteiger partial charge in [-0.1, -0.05) is 12.1 Å². The Labute approximate surface area is 178 Å². The Morgan fingerprint density at radius 3 is 2.58 bits per heavy atom. The van der Waals surface area contributed by atoms with E-state index in [0.717, 1.165) is 17.7 Å². The molecule has 154 valence electrons. The maximum atomic E-state index is 11.9. The number of aromatic nitrogens is 5. The number of rotatable bonds is 6. The molecule has 4 aromatic rings. The third-order valence-electron chi connectivity index (χ3n) is 4.69. The number of hydrogen-bond acceptors (Lipinski definition) is 8. The van der Waals surface area contributed by atoms with Crippen molar-refractivity contribution in [1.82, 2.24) is 30.0 Å². The molecule has 0 unspecified atom stereocenters. The lowest BCUT2D eigenvalue weighted by molar-refractivity contribution is 0.581. The maximum absolute atomic E-state index is 11.9. The summed E-state index contributed by atoms with van der Waals surface area (Å²) in [5, 5.41) is 20.3. The molecule has 9 heteroatoms. The van der Waals surface area contributed by atoms with Gasteiger partial charge < -0.3 is 14.3 Å². The van der Waals surface area contributed by atoms with E-state index in [4.69, 9.17) is 9.68 Å². The van der Waals surface area contributed by atoms with Crippen LogP contribution in [0, 0.1) is 18.3 Å². The molecule has 0 aliphatic heterocycles. The SMILES string of the molecule is CNCc1ccc(-c2nnc(-c3nc(-c4ccc(=O)n(CC#N)c4)cnc3C)o2)cc1. The fourth-order valence-corrected chi connectivity index (χ4v) is 3.08. The highest BCUT2D eigenvalue weighted by atomic mass is 16.4. The van der Waals surface area contributed by atoms with E-state index in [1.165, 1.54) is 10.6 Å². The van der Waals surface area contributed by atoms with Gasteiger partial charge in [-0.3, -0.25) is 9.78 Å². The van der Waals surface area contributed by atoms with Crippen LogP contribution in [0.25, 0.3) is 34.3 Å². The molecule has 31 heavy (non-hydrogen) atoms. The minimum atomic E-state index is -0.257. The zero-order valence-corrected chi connectivity index (χ0v) is 17.0. The quantitative estimate of drug-likeness (QED) is 0.512. The van der Waals surface area contributed by atoms with E-state index in [2.05, 4.69) is 25.5 Å². The maximum Gasteiger partial charge on any atom is 0.268 e. The fourth-order valence-electron chi connectivity index (χ4n) is 3.08. The Morgan fingerprint density at radius 2 is 1.84 bits per heavy atom. The van der Waals surface area contributed by atoms with Crippen LogP contribution >= 0.6 is 0 Å². The molecule has 0 saturated carbocycles. The van der Waals surface area contributed by atoms with Crippen molar-refractivity contribution >= 4 is 0 Å². The Bertz CT molecular complexity index is 1320. The van der Waals surface area contributed by atoms with Crippen molar-refractivity contribution in [2.75, 3.05) is 7.05 Å². The number of benzene rings is 1. The van der Waals surface area contributed by atoms with E-state index in [1.54, 1.807) is 25.4 Å². The van der Waals surface area contributed by atoms with E-state index in [0.29, 0.717) is 28.5 Å². The smallest absolute Gasteiger partial charge is 0.268 e. The summed E-state index contributed by atoms with van der Waals surface area (Å²) in [7, 11) is 1.90. The van der Waals surface area contributed by atoms with Crippen LogP contribution in [0.2, 0.25) is 0 Å². The average molecular weight is 413 g/mol. The van der Waals surface area contributed by atoms with Gasteiger partial charge >= 0.3 is 0 Å². The molecule has 3 heterocycles. The van der Waals surface area contributed by atoms with Crippen LogP contribution in [0.1, 0.15) is 11.3 Å². The Morgan fingerprint density at radius 1 is 1.10 bits per heavy atom. The van der Waals surface area contributed by atoms with Crippen LogP contribution in [0.3, 0.4) is 0 Å². The van der Waals surface area contributed by atoms with E-state index >= 15 is 0 Å². The average Bonchev–Trinajstić information content (AvgIpc) is 3.27. The van der Waals surface area contributed by atoms with Crippen molar-refractivity contribution in [3.8, 4) is 40.4 Å². The van der Waals surface area contributed by atoms with Gasteiger partial charge in [-0.15, -0.1) is 10.2 Å². The van der Waals surface area contributed by atoms with Crippen molar-refractivity contribution in [2.24, 2.45) is 0 Å². The molecule has 0 atom stereocenters. The summed E-state index contributed by atoms with van der Waals surface area (Å²) >= 11 is 0. The van der Waals surface area contributed by atoms with Gasteiger partial charge in [0.2, 0.25) is 5.89 Å².